The number of aryl methyl sites for hydroxylation is 1. The zero-order valence-corrected chi connectivity index (χ0v) is 18.0. The van der Waals surface area contributed by atoms with Gasteiger partial charge in [0.15, 0.2) is 0 Å². The molecule has 1 heterocycles. The number of quaternary nitrogens is 2. The quantitative estimate of drug-likeness (QED) is 0.470. The van der Waals surface area contributed by atoms with Crippen LogP contribution in [-0.2, 0) is 9.59 Å². The molecule has 3 rings (SSSR count). The summed E-state index contributed by atoms with van der Waals surface area (Å²) in [7, 11) is 3.79. The van der Waals surface area contributed by atoms with Gasteiger partial charge in [-0.3, -0.25) is 9.59 Å². The highest BCUT2D eigenvalue weighted by molar-refractivity contribution is 6.39. The largest absolute Gasteiger partial charge is 0.497 e. The van der Waals surface area contributed by atoms with E-state index in [1.165, 1.54) is 20.9 Å². The molecule has 0 aliphatic carbocycles. The molecule has 30 heavy (non-hydrogen) atoms. The van der Waals surface area contributed by atoms with Gasteiger partial charge in [0.25, 0.3) is 0 Å². The van der Waals surface area contributed by atoms with Crippen molar-refractivity contribution < 1.29 is 24.1 Å². The van der Waals surface area contributed by atoms with Gasteiger partial charge in [0, 0.05) is 11.3 Å². The van der Waals surface area contributed by atoms with E-state index < -0.39 is 11.8 Å². The maximum atomic E-state index is 12.4. The van der Waals surface area contributed by atoms with Crippen LogP contribution < -0.4 is 25.2 Å². The molecule has 2 aromatic carbocycles. The molecule has 1 fully saturated rings. The number of likely N-dealkylation sites (N-methyl/N-ethyl adjacent to an activating group) is 1. The molecule has 0 spiro atoms. The molecule has 0 saturated carbocycles. The third-order valence-electron chi connectivity index (χ3n) is 5.74. The summed E-state index contributed by atoms with van der Waals surface area (Å²) >= 11 is 0. The Kier molecular flexibility index (Phi) is 7.43. The number of hydrogen-bond acceptors (Lipinski definition) is 3. The van der Waals surface area contributed by atoms with Gasteiger partial charge in [-0.1, -0.05) is 29.8 Å². The fourth-order valence-electron chi connectivity index (χ4n) is 3.78. The number of nitrogens with one attached hydrogen (secondary N) is 4. The number of anilines is 1. The zero-order chi connectivity index (χ0) is 21.5. The molecule has 4 N–H and O–H groups in total. The number of piperazine rings is 1. The molecule has 1 aliphatic rings. The lowest BCUT2D eigenvalue weighted by Crippen LogP contribution is -3.27. The summed E-state index contributed by atoms with van der Waals surface area (Å²) in [5.74, 6) is -0.599. The first-order chi connectivity index (χ1) is 14.5. The fraction of sp³-hybridized carbons (Fsp3) is 0.391. The molecule has 2 aromatic rings. The molecule has 2 amide bonds. The number of carbonyl (C=O) groups is 2. The second-order valence-corrected chi connectivity index (χ2v) is 7.97. The number of carbonyl (C=O) groups excluding carboxylic acids is 2. The highest BCUT2D eigenvalue weighted by Gasteiger charge is 2.30. The summed E-state index contributed by atoms with van der Waals surface area (Å²) in [4.78, 5) is 27.7. The first kappa shape index (κ1) is 21.8. The highest BCUT2D eigenvalue weighted by Crippen LogP contribution is 2.15. The molecule has 7 nitrogen and oxygen atoms in total. The minimum Gasteiger partial charge on any atom is -0.497 e. The summed E-state index contributed by atoms with van der Waals surface area (Å²) in [5, 5.41) is 5.48. The van der Waals surface area contributed by atoms with Crippen molar-refractivity contribution in [2.45, 2.75) is 13.0 Å². The van der Waals surface area contributed by atoms with Gasteiger partial charge in [-0.2, -0.15) is 0 Å². The number of benzene rings is 2. The molecule has 7 heteroatoms. The van der Waals surface area contributed by atoms with Crippen LogP contribution in [0.3, 0.4) is 0 Å². The normalized spacial score (nSPS) is 19.6. The van der Waals surface area contributed by atoms with E-state index in [4.69, 9.17) is 4.74 Å². The molecule has 1 saturated heterocycles. The average molecular weight is 413 g/mol. The summed E-state index contributed by atoms with van der Waals surface area (Å²) in [6.07, 6.45) is 0. The Labute approximate surface area is 178 Å². The second-order valence-electron chi connectivity index (χ2n) is 7.97. The van der Waals surface area contributed by atoms with Crippen LogP contribution in [0.25, 0.3) is 0 Å². The van der Waals surface area contributed by atoms with Crippen molar-refractivity contribution in [3.63, 3.8) is 0 Å². The van der Waals surface area contributed by atoms with Gasteiger partial charge in [-0.05, 0) is 31.2 Å². The Hall–Kier alpha value is -2.90. The first-order valence-electron chi connectivity index (χ1n) is 10.4. The summed E-state index contributed by atoms with van der Waals surface area (Å²) in [6.45, 7) is 6.77. The molecule has 1 aliphatic heterocycles. The predicted molar refractivity (Wildman–Crippen MR) is 116 cm³/mol. The van der Waals surface area contributed by atoms with Gasteiger partial charge in [0.1, 0.15) is 38.0 Å². The van der Waals surface area contributed by atoms with E-state index in [0.717, 1.165) is 26.2 Å². The van der Waals surface area contributed by atoms with Crippen LogP contribution in [0.15, 0.2) is 48.5 Å². The van der Waals surface area contributed by atoms with Crippen LogP contribution in [0.4, 0.5) is 5.69 Å². The fourth-order valence-corrected chi connectivity index (χ4v) is 3.78. The van der Waals surface area contributed by atoms with Crippen molar-refractivity contribution >= 4 is 17.5 Å². The standard InChI is InChI=1S/C23H30N4O3/c1-17-4-6-18(7-5-17)21(27-14-12-26(2)13-15-27)16-24-22(28)23(29)25-19-8-10-20(30-3)11-9-19/h4-11,21H,12-16H2,1-3H3,(H,24,28)(H,25,29)/p+2/t21-/m1/s1. The first-order valence-corrected chi connectivity index (χ1v) is 10.4. The van der Waals surface area contributed by atoms with Crippen molar-refractivity contribution in [2.24, 2.45) is 0 Å². The lowest BCUT2D eigenvalue weighted by molar-refractivity contribution is -1.02. The van der Waals surface area contributed by atoms with E-state index in [-0.39, 0.29) is 6.04 Å². The molecular weight excluding hydrogens is 380 g/mol. The van der Waals surface area contributed by atoms with Crippen LogP contribution in [-0.4, -0.2) is 58.7 Å². The van der Waals surface area contributed by atoms with E-state index >= 15 is 0 Å². The van der Waals surface area contributed by atoms with Gasteiger partial charge in [-0.15, -0.1) is 0 Å². The number of hydrogen-bond donors (Lipinski definition) is 4. The number of amides is 2. The molecule has 0 aromatic heterocycles. The van der Waals surface area contributed by atoms with Crippen LogP contribution in [0, 0.1) is 6.92 Å². The molecular formula is C23H32N4O3+2. The number of ether oxygens (including phenoxy) is 1. The van der Waals surface area contributed by atoms with Crippen molar-refractivity contribution in [3.8, 4) is 5.75 Å². The van der Waals surface area contributed by atoms with Gasteiger partial charge in [-0.25, -0.2) is 0 Å². The summed E-state index contributed by atoms with van der Waals surface area (Å²) in [5.41, 5.74) is 2.95. The van der Waals surface area contributed by atoms with Crippen LogP contribution in [0.5, 0.6) is 5.75 Å². The Morgan fingerprint density at radius 3 is 2.20 bits per heavy atom. The molecule has 1 atom stereocenters. The van der Waals surface area contributed by atoms with E-state index in [1.54, 1.807) is 31.4 Å². The number of methoxy groups -OCH3 is 1. The van der Waals surface area contributed by atoms with Crippen LogP contribution in [0.1, 0.15) is 17.2 Å². The van der Waals surface area contributed by atoms with Gasteiger partial charge >= 0.3 is 11.8 Å². The highest BCUT2D eigenvalue weighted by atomic mass is 16.5. The zero-order valence-electron chi connectivity index (χ0n) is 18.0. The third-order valence-corrected chi connectivity index (χ3v) is 5.74. The average Bonchev–Trinajstić information content (AvgIpc) is 2.76. The monoisotopic (exact) mass is 412 g/mol. The number of rotatable bonds is 6. The van der Waals surface area contributed by atoms with Gasteiger partial charge in [0.05, 0.1) is 20.7 Å². The Morgan fingerprint density at radius 2 is 1.60 bits per heavy atom. The summed E-state index contributed by atoms with van der Waals surface area (Å²) < 4.78 is 5.10. The van der Waals surface area contributed by atoms with E-state index in [9.17, 15) is 9.59 Å². The smallest absolute Gasteiger partial charge is 0.313 e. The van der Waals surface area contributed by atoms with Gasteiger partial charge in [0.2, 0.25) is 0 Å². The lowest BCUT2D eigenvalue weighted by atomic mass is 10.0. The van der Waals surface area contributed by atoms with Crippen LogP contribution >= 0.6 is 0 Å². The van der Waals surface area contributed by atoms with E-state index in [2.05, 4.69) is 48.9 Å². The third kappa shape index (κ3) is 5.81. The maximum Gasteiger partial charge on any atom is 0.313 e. The Morgan fingerprint density at radius 1 is 0.967 bits per heavy atom. The molecule has 0 unspecified atom stereocenters. The summed E-state index contributed by atoms with van der Waals surface area (Å²) in [6, 6.07) is 15.5. The van der Waals surface area contributed by atoms with E-state index in [0.29, 0.717) is 18.0 Å². The Bertz CT molecular complexity index is 844. The second kappa shape index (κ2) is 10.2. The predicted octanol–water partition coefficient (Wildman–Crippen LogP) is -0.787. The lowest BCUT2D eigenvalue weighted by Gasteiger charge is -2.33. The van der Waals surface area contributed by atoms with Crippen molar-refractivity contribution in [2.75, 3.05) is 52.2 Å². The molecule has 0 bridgehead atoms. The van der Waals surface area contributed by atoms with E-state index in [1.807, 2.05) is 0 Å². The topological polar surface area (TPSA) is 76.3 Å². The van der Waals surface area contributed by atoms with Crippen LogP contribution in [0.2, 0.25) is 0 Å². The minimum absolute atomic E-state index is 0.122. The Balaban J connectivity index is 1.62. The SMILES string of the molecule is COc1ccc(NC(=O)C(=O)NC[C@H](c2ccc(C)cc2)[NH+]2CC[NH+](C)CC2)cc1. The minimum atomic E-state index is -0.666. The van der Waals surface area contributed by atoms with Crippen molar-refractivity contribution in [3.05, 3.63) is 59.7 Å². The molecule has 160 valence electrons. The van der Waals surface area contributed by atoms with Gasteiger partial charge < -0.3 is 25.2 Å². The van der Waals surface area contributed by atoms with Crippen molar-refractivity contribution in [1.82, 2.24) is 5.32 Å². The molecule has 0 radical (unpaired) electrons. The van der Waals surface area contributed by atoms with Crippen molar-refractivity contribution in [1.29, 1.82) is 0 Å². The maximum absolute atomic E-state index is 12.4.